The van der Waals surface area contributed by atoms with Crippen LogP contribution in [0.4, 0.5) is 0 Å². The molecule has 1 N–H and O–H groups in total. The number of ether oxygens (including phenoxy) is 1. The highest BCUT2D eigenvalue weighted by atomic mass is 32.2. The summed E-state index contributed by atoms with van der Waals surface area (Å²) in [4.78, 5) is 12.3. The molecule has 1 aromatic heterocycles. The van der Waals surface area contributed by atoms with E-state index in [1.807, 2.05) is 36.4 Å². The van der Waals surface area contributed by atoms with Crippen LogP contribution in [-0.4, -0.2) is 33.1 Å². The molecule has 116 valence electrons. The SMILES string of the molecule is O=c1c(O)c(CN2CCOCS2)ccn1Cc1ccccc1. The lowest BCUT2D eigenvalue weighted by atomic mass is 10.2. The van der Waals surface area contributed by atoms with E-state index in [-0.39, 0.29) is 11.3 Å². The monoisotopic (exact) mass is 318 g/mol. The first-order valence-corrected chi connectivity index (χ1v) is 8.09. The van der Waals surface area contributed by atoms with Gasteiger partial charge in [0.15, 0.2) is 5.75 Å². The number of benzene rings is 1. The standard InChI is InChI=1S/C16H18N2O3S/c19-15-14(11-18-8-9-21-12-22-18)6-7-17(16(15)20)10-13-4-2-1-3-5-13/h1-7,19H,8-12H2. The van der Waals surface area contributed by atoms with E-state index in [1.54, 1.807) is 18.1 Å². The molecule has 0 bridgehead atoms. The largest absolute Gasteiger partial charge is 0.503 e. The summed E-state index contributed by atoms with van der Waals surface area (Å²) < 4.78 is 8.89. The third-order valence-electron chi connectivity index (χ3n) is 3.57. The van der Waals surface area contributed by atoms with Crippen LogP contribution in [0.3, 0.4) is 0 Å². The Balaban J connectivity index is 1.77. The maximum Gasteiger partial charge on any atom is 0.293 e. The molecule has 0 unspecified atom stereocenters. The summed E-state index contributed by atoms with van der Waals surface area (Å²) in [7, 11) is 0. The fourth-order valence-electron chi connectivity index (χ4n) is 2.35. The molecule has 5 nitrogen and oxygen atoms in total. The van der Waals surface area contributed by atoms with E-state index < -0.39 is 0 Å². The van der Waals surface area contributed by atoms with Crippen molar-refractivity contribution >= 4 is 11.9 Å². The van der Waals surface area contributed by atoms with Crippen LogP contribution in [0.15, 0.2) is 47.4 Å². The van der Waals surface area contributed by atoms with Crippen LogP contribution >= 0.6 is 11.9 Å². The highest BCUT2D eigenvalue weighted by Gasteiger charge is 2.16. The lowest BCUT2D eigenvalue weighted by Gasteiger charge is -2.25. The van der Waals surface area contributed by atoms with Gasteiger partial charge in [0.05, 0.1) is 13.2 Å². The van der Waals surface area contributed by atoms with E-state index in [0.717, 1.165) is 12.1 Å². The second kappa shape index (κ2) is 7.00. The summed E-state index contributed by atoms with van der Waals surface area (Å²) in [5.74, 6) is 0.455. The molecule has 1 aliphatic heterocycles. The molecule has 3 rings (SSSR count). The quantitative estimate of drug-likeness (QED) is 0.874. The van der Waals surface area contributed by atoms with Gasteiger partial charge in [0.1, 0.15) is 5.94 Å². The van der Waals surface area contributed by atoms with E-state index in [4.69, 9.17) is 4.74 Å². The minimum absolute atomic E-state index is 0.162. The predicted molar refractivity (Wildman–Crippen MR) is 86.7 cm³/mol. The minimum atomic E-state index is -0.348. The van der Waals surface area contributed by atoms with E-state index in [1.165, 1.54) is 4.57 Å². The zero-order valence-corrected chi connectivity index (χ0v) is 13.0. The smallest absolute Gasteiger partial charge is 0.293 e. The van der Waals surface area contributed by atoms with Crippen LogP contribution in [0.2, 0.25) is 0 Å². The minimum Gasteiger partial charge on any atom is -0.503 e. The van der Waals surface area contributed by atoms with Gasteiger partial charge in [-0.1, -0.05) is 30.3 Å². The fraction of sp³-hybridized carbons (Fsp3) is 0.312. The molecular weight excluding hydrogens is 300 g/mol. The Hall–Kier alpha value is -1.76. The Kier molecular flexibility index (Phi) is 4.82. The van der Waals surface area contributed by atoms with Gasteiger partial charge >= 0.3 is 0 Å². The topological polar surface area (TPSA) is 54.7 Å². The van der Waals surface area contributed by atoms with Gasteiger partial charge in [0, 0.05) is 24.8 Å². The molecule has 2 heterocycles. The second-order valence-corrected chi connectivity index (χ2v) is 6.14. The van der Waals surface area contributed by atoms with Crippen LogP contribution in [-0.2, 0) is 17.8 Å². The van der Waals surface area contributed by atoms with Gasteiger partial charge in [-0.2, -0.15) is 0 Å². The molecule has 0 spiro atoms. The number of hydrogen-bond acceptors (Lipinski definition) is 5. The predicted octanol–water partition coefficient (Wildman–Crippen LogP) is 2.04. The fourth-order valence-corrected chi connectivity index (χ4v) is 3.12. The molecule has 1 aliphatic rings. The summed E-state index contributed by atoms with van der Waals surface area (Å²) in [5.41, 5.74) is 1.34. The number of hydrogen-bond donors (Lipinski definition) is 1. The zero-order chi connectivity index (χ0) is 15.4. The molecule has 0 amide bonds. The molecule has 6 heteroatoms. The molecule has 1 saturated heterocycles. The lowest BCUT2D eigenvalue weighted by molar-refractivity contribution is 0.146. The van der Waals surface area contributed by atoms with E-state index in [9.17, 15) is 9.90 Å². The maximum atomic E-state index is 12.3. The highest BCUT2D eigenvalue weighted by Crippen LogP contribution is 2.21. The third-order valence-corrected chi connectivity index (χ3v) is 4.52. The molecule has 0 aliphatic carbocycles. The van der Waals surface area contributed by atoms with Crippen molar-refractivity contribution in [3.8, 4) is 5.75 Å². The van der Waals surface area contributed by atoms with Gasteiger partial charge in [-0.05, 0) is 23.6 Å². The van der Waals surface area contributed by atoms with Crippen molar-refractivity contribution < 1.29 is 9.84 Å². The molecule has 22 heavy (non-hydrogen) atoms. The number of rotatable bonds is 4. The Morgan fingerprint density at radius 2 is 2.00 bits per heavy atom. The van der Waals surface area contributed by atoms with Crippen LogP contribution < -0.4 is 5.56 Å². The molecule has 0 atom stereocenters. The number of nitrogens with zero attached hydrogens (tertiary/aromatic N) is 2. The summed E-state index contributed by atoms with van der Waals surface area (Å²) in [6, 6.07) is 11.5. The zero-order valence-electron chi connectivity index (χ0n) is 12.1. The van der Waals surface area contributed by atoms with Crippen molar-refractivity contribution in [3.05, 3.63) is 64.1 Å². The summed E-state index contributed by atoms with van der Waals surface area (Å²) >= 11 is 1.57. The van der Waals surface area contributed by atoms with Crippen molar-refractivity contribution in [1.82, 2.24) is 8.87 Å². The number of aromatic nitrogens is 1. The Labute approximate surface area is 133 Å². The van der Waals surface area contributed by atoms with E-state index >= 15 is 0 Å². The van der Waals surface area contributed by atoms with Gasteiger partial charge in [0.25, 0.3) is 5.56 Å². The summed E-state index contributed by atoms with van der Waals surface area (Å²) in [5, 5.41) is 10.2. The first-order valence-electron chi connectivity index (χ1n) is 7.15. The van der Waals surface area contributed by atoms with E-state index in [0.29, 0.717) is 31.2 Å². The number of aromatic hydroxyl groups is 1. The Morgan fingerprint density at radius 1 is 1.18 bits per heavy atom. The lowest BCUT2D eigenvalue weighted by Crippen LogP contribution is -2.27. The molecule has 0 radical (unpaired) electrons. The van der Waals surface area contributed by atoms with Crippen molar-refractivity contribution in [1.29, 1.82) is 0 Å². The Bertz CT molecular complexity index is 682. The first kappa shape index (κ1) is 15.1. The highest BCUT2D eigenvalue weighted by molar-refractivity contribution is 7.96. The van der Waals surface area contributed by atoms with Crippen LogP contribution in [0, 0.1) is 0 Å². The van der Waals surface area contributed by atoms with Gasteiger partial charge in [-0.15, -0.1) is 0 Å². The van der Waals surface area contributed by atoms with E-state index in [2.05, 4.69) is 4.31 Å². The molecular formula is C16H18N2O3S. The van der Waals surface area contributed by atoms with Crippen LogP contribution in [0.25, 0.3) is 0 Å². The average molecular weight is 318 g/mol. The van der Waals surface area contributed by atoms with Gasteiger partial charge < -0.3 is 14.4 Å². The molecule has 2 aromatic rings. The first-order chi connectivity index (χ1) is 10.7. The molecule has 0 saturated carbocycles. The molecule has 1 aromatic carbocycles. The van der Waals surface area contributed by atoms with Crippen molar-refractivity contribution in [2.45, 2.75) is 13.1 Å². The second-order valence-electron chi connectivity index (χ2n) is 5.13. The molecule has 1 fully saturated rings. The van der Waals surface area contributed by atoms with Crippen LogP contribution in [0.5, 0.6) is 5.75 Å². The summed E-state index contributed by atoms with van der Waals surface area (Å²) in [6.07, 6.45) is 1.75. The van der Waals surface area contributed by atoms with Gasteiger partial charge in [-0.3, -0.25) is 4.79 Å². The van der Waals surface area contributed by atoms with Crippen molar-refractivity contribution in [2.75, 3.05) is 19.1 Å². The Morgan fingerprint density at radius 3 is 2.73 bits per heavy atom. The van der Waals surface area contributed by atoms with Crippen molar-refractivity contribution in [3.63, 3.8) is 0 Å². The van der Waals surface area contributed by atoms with Crippen molar-refractivity contribution in [2.24, 2.45) is 0 Å². The van der Waals surface area contributed by atoms with Gasteiger partial charge in [0.2, 0.25) is 0 Å². The number of pyridine rings is 1. The normalized spacial score (nSPS) is 15.8. The van der Waals surface area contributed by atoms with Crippen LogP contribution in [0.1, 0.15) is 11.1 Å². The average Bonchev–Trinajstić information content (AvgIpc) is 2.56. The third kappa shape index (κ3) is 3.52. The summed E-state index contributed by atoms with van der Waals surface area (Å²) in [6.45, 7) is 2.47. The maximum absolute atomic E-state index is 12.3. The van der Waals surface area contributed by atoms with Gasteiger partial charge in [-0.25, -0.2) is 4.31 Å².